The first-order valence-corrected chi connectivity index (χ1v) is 7.36. The third-order valence-corrected chi connectivity index (χ3v) is 3.78. The highest BCUT2D eigenvalue weighted by Gasteiger charge is 2.09. The number of rotatable bonds is 6. The summed E-state index contributed by atoms with van der Waals surface area (Å²) in [6, 6.07) is 3.87. The SMILES string of the molecule is CCN(CC)C(=O)CCNc1cc(C)c(N)cc1Br. The zero-order chi connectivity index (χ0) is 14.4. The molecule has 1 amide bonds. The van der Waals surface area contributed by atoms with Crippen LogP contribution in [0.4, 0.5) is 11.4 Å². The summed E-state index contributed by atoms with van der Waals surface area (Å²) in [6.07, 6.45) is 0.498. The monoisotopic (exact) mass is 327 g/mol. The molecule has 0 unspecified atom stereocenters. The van der Waals surface area contributed by atoms with Crippen molar-refractivity contribution in [2.24, 2.45) is 0 Å². The summed E-state index contributed by atoms with van der Waals surface area (Å²) in [5.74, 6) is 0.181. The highest BCUT2D eigenvalue weighted by atomic mass is 79.9. The van der Waals surface area contributed by atoms with Gasteiger partial charge < -0.3 is 16.0 Å². The van der Waals surface area contributed by atoms with E-state index >= 15 is 0 Å². The zero-order valence-electron chi connectivity index (χ0n) is 11.8. The van der Waals surface area contributed by atoms with Crippen LogP contribution in [0.15, 0.2) is 16.6 Å². The minimum absolute atomic E-state index is 0.181. The summed E-state index contributed by atoms with van der Waals surface area (Å²) in [5, 5.41) is 3.27. The Balaban J connectivity index is 2.54. The van der Waals surface area contributed by atoms with Gasteiger partial charge in [-0.1, -0.05) is 0 Å². The lowest BCUT2D eigenvalue weighted by Crippen LogP contribution is -2.31. The number of hydrogen-bond acceptors (Lipinski definition) is 3. The van der Waals surface area contributed by atoms with E-state index in [9.17, 15) is 4.79 Å². The molecule has 0 aliphatic carbocycles. The molecule has 5 heteroatoms. The molecule has 1 aromatic rings. The Morgan fingerprint density at radius 3 is 2.58 bits per heavy atom. The van der Waals surface area contributed by atoms with Crippen LogP contribution >= 0.6 is 15.9 Å². The molecule has 0 aliphatic rings. The molecule has 0 heterocycles. The molecule has 0 aromatic heterocycles. The second-order valence-electron chi connectivity index (χ2n) is 4.43. The number of nitrogens with zero attached hydrogens (tertiary/aromatic N) is 1. The number of aryl methyl sites for hydroxylation is 1. The van der Waals surface area contributed by atoms with Gasteiger partial charge in [-0.15, -0.1) is 0 Å². The molecule has 3 N–H and O–H groups in total. The van der Waals surface area contributed by atoms with Gasteiger partial charge in [0.1, 0.15) is 0 Å². The van der Waals surface area contributed by atoms with Crippen LogP contribution in [0.3, 0.4) is 0 Å². The first-order chi connectivity index (χ1) is 8.99. The lowest BCUT2D eigenvalue weighted by atomic mass is 10.2. The molecule has 0 aliphatic heterocycles. The Labute approximate surface area is 123 Å². The lowest BCUT2D eigenvalue weighted by Gasteiger charge is -2.19. The van der Waals surface area contributed by atoms with Gasteiger partial charge in [0, 0.05) is 41.9 Å². The van der Waals surface area contributed by atoms with E-state index in [2.05, 4.69) is 21.2 Å². The maximum Gasteiger partial charge on any atom is 0.224 e. The van der Waals surface area contributed by atoms with Gasteiger partial charge in [-0.2, -0.15) is 0 Å². The van der Waals surface area contributed by atoms with Gasteiger partial charge in [-0.25, -0.2) is 0 Å². The summed E-state index contributed by atoms with van der Waals surface area (Å²) >= 11 is 3.47. The molecule has 0 saturated heterocycles. The van der Waals surface area contributed by atoms with Crippen LogP contribution in [-0.2, 0) is 4.79 Å². The Morgan fingerprint density at radius 2 is 2.00 bits per heavy atom. The van der Waals surface area contributed by atoms with Gasteiger partial charge >= 0.3 is 0 Å². The fraction of sp³-hybridized carbons (Fsp3) is 0.500. The molecule has 0 fully saturated rings. The van der Waals surface area contributed by atoms with Crippen molar-refractivity contribution in [2.45, 2.75) is 27.2 Å². The maximum absolute atomic E-state index is 11.9. The second kappa shape index (κ2) is 7.38. The van der Waals surface area contributed by atoms with Crippen molar-refractivity contribution < 1.29 is 4.79 Å². The quantitative estimate of drug-likeness (QED) is 0.789. The number of anilines is 2. The first-order valence-electron chi connectivity index (χ1n) is 6.56. The van der Waals surface area contributed by atoms with E-state index in [1.54, 1.807) is 0 Å². The second-order valence-corrected chi connectivity index (χ2v) is 5.29. The van der Waals surface area contributed by atoms with Crippen molar-refractivity contribution in [3.63, 3.8) is 0 Å². The van der Waals surface area contributed by atoms with E-state index in [-0.39, 0.29) is 5.91 Å². The van der Waals surface area contributed by atoms with E-state index in [0.29, 0.717) is 13.0 Å². The van der Waals surface area contributed by atoms with E-state index in [4.69, 9.17) is 5.73 Å². The van der Waals surface area contributed by atoms with Crippen LogP contribution in [-0.4, -0.2) is 30.4 Å². The van der Waals surface area contributed by atoms with Crippen LogP contribution in [0.5, 0.6) is 0 Å². The number of carbonyl (C=O) groups is 1. The van der Waals surface area contributed by atoms with Crippen LogP contribution in [0.1, 0.15) is 25.8 Å². The molecule has 0 bridgehead atoms. The highest BCUT2D eigenvalue weighted by Crippen LogP contribution is 2.27. The smallest absolute Gasteiger partial charge is 0.224 e. The topological polar surface area (TPSA) is 58.4 Å². The third kappa shape index (κ3) is 4.42. The molecular formula is C14H22BrN3O. The molecule has 0 spiro atoms. The van der Waals surface area contributed by atoms with Gasteiger partial charge in [-0.3, -0.25) is 4.79 Å². The Hall–Kier alpha value is -1.23. The number of amides is 1. The summed E-state index contributed by atoms with van der Waals surface area (Å²) < 4.78 is 0.922. The molecule has 4 nitrogen and oxygen atoms in total. The summed E-state index contributed by atoms with van der Waals surface area (Å²) in [6.45, 7) is 8.11. The largest absolute Gasteiger partial charge is 0.398 e. The number of benzene rings is 1. The predicted octanol–water partition coefficient (Wildman–Crippen LogP) is 3.01. The normalized spacial score (nSPS) is 10.3. The number of halogens is 1. The highest BCUT2D eigenvalue weighted by molar-refractivity contribution is 9.10. The minimum atomic E-state index is 0.181. The van der Waals surface area contributed by atoms with Crippen molar-refractivity contribution >= 4 is 33.2 Å². The number of nitrogens with one attached hydrogen (secondary N) is 1. The average molecular weight is 328 g/mol. The molecule has 106 valence electrons. The van der Waals surface area contributed by atoms with E-state index in [0.717, 1.165) is 34.5 Å². The summed E-state index contributed by atoms with van der Waals surface area (Å²) in [4.78, 5) is 13.7. The first kappa shape index (κ1) is 15.8. The van der Waals surface area contributed by atoms with Crippen LogP contribution in [0.25, 0.3) is 0 Å². The van der Waals surface area contributed by atoms with Gasteiger partial charge in [0.05, 0.1) is 0 Å². The van der Waals surface area contributed by atoms with Crippen molar-refractivity contribution in [3.8, 4) is 0 Å². The van der Waals surface area contributed by atoms with Gasteiger partial charge in [-0.05, 0) is 54.4 Å². The zero-order valence-corrected chi connectivity index (χ0v) is 13.4. The molecule has 1 aromatic carbocycles. The number of carbonyl (C=O) groups excluding carboxylic acids is 1. The van der Waals surface area contributed by atoms with E-state index in [1.807, 2.05) is 37.8 Å². The fourth-order valence-corrected chi connectivity index (χ4v) is 2.37. The molecule has 1 rings (SSSR count). The standard InChI is InChI=1S/C14H22BrN3O/c1-4-18(5-2)14(19)6-7-17-13-8-10(3)12(16)9-11(13)15/h8-9,17H,4-7,16H2,1-3H3. The molecule has 19 heavy (non-hydrogen) atoms. The number of nitrogen functional groups attached to an aromatic ring is 1. The Morgan fingerprint density at radius 1 is 1.37 bits per heavy atom. The number of nitrogens with two attached hydrogens (primary N) is 1. The maximum atomic E-state index is 11.9. The van der Waals surface area contributed by atoms with Gasteiger partial charge in [0.15, 0.2) is 0 Å². The van der Waals surface area contributed by atoms with Crippen molar-refractivity contribution in [3.05, 3.63) is 22.2 Å². The lowest BCUT2D eigenvalue weighted by molar-refractivity contribution is -0.130. The van der Waals surface area contributed by atoms with Crippen LogP contribution in [0.2, 0.25) is 0 Å². The van der Waals surface area contributed by atoms with Crippen LogP contribution < -0.4 is 11.1 Å². The Kier molecular flexibility index (Phi) is 6.15. The summed E-state index contributed by atoms with van der Waals surface area (Å²) in [5.41, 5.74) is 8.58. The fourth-order valence-electron chi connectivity index (χ4n) is 1.87. The molecular weight excluding hydrogens is 306 g/mol. The molecule has 0 saturated carbocycles. The van der Waals surface area contributed by atoms with E-state index in [1.165, 1.54) is 0 Å². The third-order valence-electron chi connectivity index (χ3n) is 3.13. The van der Waals surface area contributed by atoms with Crippen LogP contribution in [0, 0.1) is 6.92 Å². The van der Waals surface area contributed by atoms with Gasteiger partial charge in [0.2, 0.25) is 5.91 Å². The van der Waals surface area contributed by atoms with Gasteiger partial charge in [0.25, 0.3) is 0 Å². The van der Waals surface area contributed by atoms with Crippen molar-refractivity contribution in [1.29, 1.82) is 0 Å². The average Bonchev–Trinajstić information content (AvgIpc) is 2.37. The molecule has 0 radical (unpaired) electrons. The van der Waals surface area contributed by atoms with Crippen molar-refractivity contribution in [1.82, 2.24) is 4.90 Å². The minimum Gasteiger partial charge on any atom is -0.398 e. The number of hydrogen-bond donors (Lipinski definition) is 2. The Bertz CT molecular complexity index is 445. The molecule has 0 atom stereocenters. The van der Waals surface area contributed by atoms with E-state index < -0.39 is 0 Å². The predicted molar refractivity (Wildman–Crippen MR) is 84.3 cm³/mol. The van der Waals surface area contributed by atoms with Crippen molar-refractivity contribution in [2.75, 3.05) is 30.7 Å². The summed E-state index contributed by atoms with van der Waals surface area (Å²) in [7, 11) is 0.